The molecule has 3 heterocycles. The zero-order valence-corrected chi connectivity index (χ0v) is 14.5. The number of imidazole rings is 1. The van der Waals surface area contributed by atoms with E-state index in [1.165, 1.54) is 0 Å². The standard InChI is InChI=1S/C18H26N4O/c1-5-21-13(2)11-17(14(21)3)18(23)20-9-6-7-16(12-20)22-10-8-19-15(22)4/h8,10-11,16H,5-7,9,12H2,1-4H3/t16-/m0/s1. The van der Waals surface area contributed by atoms with Gasteiger partial charge in [0.25, 0.3) is 5.91 Å². The van der Waals surface area contributed by atoms with Crippen LogP contribution in [0.5, 0.6) is 0 Å². The predicted octanol–water partition coefficient (Wildman–Crippen LogP) is 3.11. The highest BCUT2D eigenvalue weighted by molar-refractivity contribution is 5.95. The SMILES string of the molecule is CCn1c(C)cc(C(=O)N2CCC[C@H](n3ccnc3C)C2)c1C. The number of carbonyl (C=O) groups excluding carboxylic acids is 1. The Hall–Kier alpha value is -2.04. The average molecular weight is 314 g/mol. The molecular formula is C18H26N4O. The zero-order chi connectivity index (χ0) is 16.6. The first-order valence-electron chi connectivity index (χ1n) is 8.48. The van der Waals surface area contributed by atoms with Crippen molar-refractivity contribution in [2.45, 2.75) is 53.1 Å². The average Bonchev–Trinajstić information content (AvgIpc) is 3.10. The Morgan fingerprint density at radius 1 is 1.35 bits per heavy atom. The number of aryl methyl sites for hydroxylation is 2. The van der Waals surface area contributed by atoms with Gasteiger partial charge in [-0.2, -0.15) is 0 Å². The molecule has 0 bridgehead atoms. The van der Waals surface area contributed by atoms with E-state index in [0.29, 0.717) is 6.04 Å². The zero-order valence-electron chi connectivity index (χ0n) is 14.5. The molecule has 0 spiro atoms. The molecule has 0 N–H and O–H groups in total. The molecule has 5 heteroatoms. The van der Waals surface area contributed by atoms with Gasteiger partial charge in [0.15, 0.2) is 0 Å². The minimum absolute atomic E-state index is 0.167. The second-order valence-electron chi connectivity index (χ2n) is 6.46. The second kappa shape index (κ2) is 6.22. The molecule has 1 amide bonds. The van der Waals surface area contributed by atoms with Gasteiger partial charge < -0.3 is 14.0 Å². The minimum atomic E-state index is 0.167. The highest BCUT2D eigenvalue weighted by Gasteiger charge is 2.27. The smallest absolute Gasteiger partial charge is 0.255 e. The van der Waals surface area contributed by atoms with Crippen LogP contribution in [0.25, 0.3) is 0 Å². The topological polar surface area (TPSA) is 43.1 Å². The van der Waals surface area contributed by atoms with E-state index in [9.17, 15) is 4.79 Å². The first-order valence-corrected chi connectivity index (χ1v) is 8.48. The van der Waals surface area contributed by atoms with Crippen molar-refractivity contribution in [1.29, 1.82) is 0 Å². The van der Waals surface area contributed by atoms with E-state index in [-0.39, 0.29) is 5.91 Å². The highest BCUT2D eigenvalue weighted by atomic mass is 16.2. The van der Waals surface area contributed by atoms with Crippen LogP contribution in [0, 0.1) is 20.8 Å². The lowest BCUT2D eigenvalue weighted by Gasteiger charge is -2.34. The number of nitrogens with zero attached hydrogens (tertiary/aromatic N) is 4. The molecule has 2 aromatic heterocycles. The Balaban J connectivity index is 1.81. The van der Waals surface area contributed by atoms with Crippen LogP contribution in [-0.2, 0) is 6.54 Å². The summed E-state index contributed by atoms with van der Waals surface area (Å²) in [5.41, 5.74) is 3.09. The van der Waals surface area contributed by atoms with E-state index in [1.54, 1.807) is 0 Å². The molecule has 5 nitrogen and oxygen atoms in total. The van der Waals surface area contributed by atoms with Crippen molar-refractivity contribution >= 4 is 5.91 Å². The van der Waals surface area contributed by atoms with Crippen LogP contribution in [0.3, 0.4) is 0 Å². The minimum Gasteiger partial charge on any atom is -0.349 e. The van der Waals surface area contributed by atoms with Crippen molar-refractivity contribution in [3.8, 4) is 0 Å². The molecule has 0 radical (unpaired) electrons. The van der Waals surface area contributed by atoms with Gasteiger partial charge in [-0.1, -0.05) is 0 Å². The van der Waals surface area contributed by atoms with Crippen LogP contribution in [0.2, 0.25) is 0 Å². The van der Waals surface area contributed by atoms with E-state index in [4.69, 9.17) is 0 Å². The molecule has 0 aromatic carbocycles. The second-order valence-corrected chi connectivity index (χ2v) is 6.46. The third kappa shape index (κ3) is 2.80. The molecule has 1 atom stereocenters. The molecule has 2 aromatic rings. The summed E-state index contributed by atoms with van der Waals surface area (Å²) in [5.74, 6) is 1.19. The molecule has 1 aliphatic heterocycles. The lowest BCUT2D eigenvalue weighted by Crippen LogP contribution is -2.41. The van der Waals surface area contributed by atoms with E-state index >= 15 is 0 Å². The fourth-order valence-corrected chi connectivity index (χ4v) is 3.81. The van der Waals surface area contributed by atoms with Gasteiger partial charge in [-0.05, 0) is 46.6 Å². The molecule has 124 valence electrons. The van der Waals surface area contributed by atoms with Crippen molar-refractivity contribution in [3.63, 3.8) is 0 Å². The summed E-state index contributed by atoms with van der Waals surface area (Å²) >= 11 is 0. The summed E-state index contributed by atoms with van der Waals surface area (Å²) in [7, 11) is 0. The predicted molar refractivity (Wildman–Crippen MR) is 90.7 cm³/mol. The van der Waals surface area contributed by atoms with E-state index in [0.717, 1.165) is 55.3 Å². The molecule has 1 aliphatic rings. The summed E-state index contributed by atoms with van der Waals surface area (Å²) in [6, 6.07) is 2.37. The number of carbonyl (C=O) groups is 1. The molecule has 1 saturated heterocycles. The van der Waals surface area contributed by atoms with E-state index in [1.807, 2.05) is 37.2 Å². The molecule has 23 heavy (non-hydrogen) atoms. The monoisotopic (exact) mass is 314 g/mol. The van der Waals surface area contributed by atoms with Crippen LogP contribution >= 0.6 is 0 Å². The Morgan fingerprint density at radius 2 is 2.13 bits per heavy atom. The number of hydrogen-bond acceptors (Lipinski definition) is 2. The largest absolute Gasteiger partial charge is 0.349 e. The fourth-order valence-electron chi connectivity index (χ4n) is 3.81. The van der Waals surface area contributed by atoms with Gasteiger partial charge >= 0.3 is 0 Å². The van der Waals surface area contributed by atoms with Gasteiger partial charge in [0.1, 0.15) is 5.82 Å². The van der Waals surface area contributed by atoms with Crippen molar-refractivity contribution in [1.82, 2.24) is 19.0 Å². The number of rotatable bonds is 3. The third-order valence-electron chi connectivity index (χ3n) is 5.06. The number of amides is 1. The van der Waals surface area contributed by atoms with Crippen molar-refractivity contribution in [2.24, 2.45) is 0 Å². The summed E-state index contributed by atoms with van der Waals surface area (Å²) < 4.78 is 4.41. The maximum atomic E-state index is 13.0. The van der Waals surface area contributed by atoms with E-state index < -0.39 is 0 Å². The summed E-state index contributed by atoms with van der Waals surface area (Å²) in [5, 5.41) is 0. The van der Waals surface area contributed by atoms with Crippen molar-refractivity contribution in [3.05, 3.63) is 41.2 Å². The summed E-state index contributed by atoms with van der Waals surface area (Å²) in [6.07, 6.45) is 6.01. The number of aromatic nitrogens is 3. The number of piperidine rings is 1. The lowest BCUT2D eigenvalue weighted by atomic mass is 10.0. The van der Waals surface area contributed by atoms with Gasteiger partial charge in [-0.25, -0.2) is 4.98 Å². The Kier molecular flexibility index (Phi) is 4.28. The fraction of sp³-hybridized carbons (Fsp3) is 0.556. The molecule has 0 unspecified atom stereocenters. The summed E-state index contributed by atoms with van der Waals surface area (Å²) in [6.45, 7) is 10.8. The van der Waals surface area contributed by atoms with Crippen LogP contribution < -0.4 is 0 Å². The normalized spacial score (nSPS) is 18.4. The van der Waals surface area contributed by atoms with Crippen molar-refractivity contribution in [2.75, 3.05) is 13.1 Å². The van der Waals surface area contributed by atoms with Gasteiger partial charge in [0.05, 0.1) is 11.6 Å². The van der Waals surface area contributed by atoms with E-state index in [2.05, 4.69) is 28.0 Å². The number of likely N-dealkylation sites (tertiary alicyclic amines) is 1. The van der Waals surface area contributed by atoms with Crippen LogP contribution in [0.4, 0.5) is 0 Å². The molecule has 1 fully saturated rings. The molecular weight excluding hydrogens is 288 g/mol. The third-order valence-corrected chi connectivity index (χ3v) is 5.06. The lowest BCUT2D eigenvalue weighted by molar-refractivity contribution is 0.0677. The van der Waals surface area contributed by atoms with Crippen molar-refractivity contribution < 1.29 is 4.79 Å². The van der Waals surface area contributed by atoms with Gasteiger partial charge in [0.2, 0.25) is 0 Å². The first kappa shape index (κ1) is 15.8. The van der Waals surface area contributed by atoms with Gasteiger partial charge in [-0.15, -0.1) is 0 Å². The maximum absolute atomic E-state index is 13.0. The Labute approximate surface area is 137 Å². The van der Waals surface area contributed by atoms with Gasteiger partial charge in [-0.3, -0.25) is 4.79 Å². The first-order chi connectivity index (χ1) is 11.0. The molecule has 3 rings (SSSR count). The van der Waals surface area contributed by atoms with Gasteiger partial charge in [0, 0.05) is 43.4 Å². The molecule has 0 saturated carbocycles. The highest BCUT2D eigenvalue weighted by Crippen LogP contribution is 2.25. The van der Waals surface area contributed by atoms with Crippen LogP contribution in [0.1, 0.15) is 53.4 Å². The van der Waals surface area contributed by atoms with Crippen LogP contribution in [-0.4, -0.2) is 38.0 Å². The Morgan fingerprint density at radius 3 is 2.74 bits per heavy atom. The van der Waals surface area contributed by atoms with Crippen LogP contribution in [0.15, 0.2) is 18.5 Å². The Bertz CT molecular complexity index is 713. The number of hydrogen-bond donors (Lipinski definition) is 0. The molecule has 0 aliphatic carbocycles. The quantitative estimate of drug-likeness (QED) is 0.873. The summed E-state index contributed by atoms with van der Waals surface area (Å²) in [4.78, 5) is 19.3. The maximum Gasteiger partial charge on any atom is 0.255 e.